The molecule has 6 nitrogen and oxygen atoms in total. The van der Waals surface area contributed by atoms with Gasteiger partial charge in [-0.15, -0.1) is 0 Å². The molecule has 170 valence electrons. The summed E-state index contributed by atoms with van der Waals surface area (Å²) in [6.07, 6.45) is -4.35. The fourth-order valence-electron chi connectivity index (χ4n) is 3.20. The summed E-state index contributed by atoms with van der Waals surface area (Å²) in [7, 11) is 1.68. The molecule has 0 unspecified atom stereocenters. The van der Waals surface area contributed by atoms with Crippen molar-refractivity contribution in [2.75, 3.05) is 13.7 Å². The van der Waals surface area contributed by atoms with E-state index in [0.29, 0.717) is 19.0 Å². The van der Waals surface area contributed by atoms with Crippen LogP contribution in [0.4, 0.5) is 13.2 Å². The Bertz CT molecular complexity index is 1040. The van der Waals surface area contributed by atoms with Crippen LogP contribution in [0.1, 0.15) is 22.5 Å². The quantitative estimate of drug-likeness (QED) is 0.421. The van der Waals surface area contributed by atoms with Crippen molar-refractivity contribution in [3.8, 4) is 11.4 Å². The van der Waals surface area contributed by atoms with Crippen LogP contribution in [0.2, 0.25) is 0 Å². The minimum atomic E-state index is -4.35. The molecule has 2 N–H and O–H groups in total. The van der Waals surface area contributed by atoms with Crippen LogP contribution >= 0.6 is 0 Å². The molecule has 1 heterocycles. The molecule has 0 saturated heterocycles. The van der Waals surface area contributed by atoms with Gasteiger partial charge in [-0.05, 0) is 43.7 Å². The normalized spacial score (nSPS) is 12.0. The first kappa shape index (κ1) is 23.2. The molecule has 3 aromatic rings. The molecular weight excluding hydrogens is 419 g/mol. The molecule has 0 bridgehead atoms. The molecular formula is C23H26F3N5O. The number of nitrogens with zero attached hydrogens (tertiary/aromatic N) is 3. The van der Waals surface area contributed by atoms with E-state index in [-0.39, 0.29) is 5.75 Å². The number of aliphatic imine (C=N–C) groups is 1. The van der Waals surface area contributed by atoms with Gasteiger partial charge in [-0.1, -0.05) is 30.3 Å². The van der Waals surface area contributed by atoms with Crippen LogP contribution < -0.4 is 15.4 Å². The van der Waals surface area contributed by atoms with Gasteiger partial charge in [0.25, 0.3) is 0 Å². The van der Waals surface area contributed by atoms with Gasteiger partial charge in [0, 0.05) is 31.4 Å². The van der Waals surface area contributed by atoms with Gasteiger partial charge in [-0.25, -0.2) is 4.68 Å². The number of para-hydroxylation sites is 1. The van der Waals surface area contributed by atoms with Crippen molar-refractivity contribution in [1.82, 2.24) is 20.4 Å². The van der Waals surface area contributed by atoms with Gasteiger partial charge >= 0.3 is 6.18 Å². The van der Waals surface area contributed by atoms with Crippen LogP contribution in [0.15, 0.2) is 59.6 Å². The highest BCUT2D eigenvalue weighted by molar-refractivity contribution is 5.79. The first-order valence-electron chi connectivity index (χ1n) is 10.1. The van der Waals surface area contributed by atoms with E-state index in [1.807, 2.05) is 48.9 Å². The van der Waals surface area contributed by atoms with Crippen LogP contribution in [0.3, 0.4) is 0 Å². The second-order valence-electron chi connectivity index (χ2n) is 7.22. The number of aromatic nitrogens is 2. The minimum Gasteiger partial charge on any atom is -0.484 e. The SMILES string of the molecule is CN=C(NCc1ccc(OCC(F)(F)F)cc1)NCc1c(C)nn(-c2ccccc2)c1C. The van der Waals surface area contributed by atoms with Gasteiger partial charge in [0.1, 0.15) is 5.75 Å². The monoisotopic (exact) mass is 445 g/mol. The number of nitrogens with one attached hydrogen (secondary N) is 2. The van der Waals surface area contributed by atoms with E-state index >= 15 is 0 Å². The highest BCUT2D eigenvalue weighted by Gasteiger charge is 2.28. The number of guanidine groups is 1. The Hall–Kier alpha value is -3.49. The van der Waals surface area contributed by atoms with E-state index < -0.39 is 12.8 Å². The molecule has 3 rings (SSSR count). The van der Waals surface area contributed by atoms with Gasteiger partial charge < -0.3 is 15.4 Å². The van der Waals surface area contributed by atoms with Gasteiger partial charge in [-0.3, -0.25) is 4.99 Å². The fourth-order valence-corrected chi connectivity index (χ4v) is 3.20. The number of ether oxygens (including phenoxy) is 1. The highest BCUT2D eigenvalue weighted by Crippen LogP contribution is 2.19. The summed E-state index contributed by atoms with van der Waals surface area (Å²) in [5.41, 5.74) is 4.96. The third-order valence-electron chi connectivity index (χ3n) is 4.88. The number of halogens is 3. The molecule has 0 atom stereocenters. The molecule has 0 aliphatic carbocycles. The maximum Gasteiger partial charge on any atom is 0.422 e. The zero-order chi connectivity index (χ0) is 23.1. The molecule has 1 aromatic heterocycles. The number of aryl methyl sites for hydroxylation is 1. The summed E-state index contributed by atoms with van der Waals surface area (Å²) in [4.78, 5) is 4.23. The smallest absolute Gasteiger partial charge is 0.422 e. The van der Waals surface area contributed by atoms with E-state index in [4.69, 9.17) is 4.74 Å². The Morgan fingerprint density at radius 3 is 2.28 bits per heavy atom. The summed E-state index contributed by atoms with van der Waals surface area (Å²) < 4.78 is 43.4. The summed E-state index contributed by atoms with van der Waals surface area (Å²) in [6, 6.07) is 16.4. The Morgan fingerprint density at radius 1 is 1.00 bits per heavy atom. The molecule has 32 heavy (non-hydrogen) atoms. The largest absolute Gasteiger partial charge is 0.484 e. The first-order chi connectivity index (χ1) is 15.3. The third kappa shape index (κ3) is 6.26. The van der Waals surface area contributed by atoms with Crippen molar-refractivity contribution in [2.24, 2.45) is 4.99 Å². The van der Waals surface area contributed by atoms with Crippen molar-refractivity contribution in [3.05, 3.63) is 77.1 Å². The van der Waals surface area contributed by atoms with Crippen LogP contribution in [-0.4, -0.2) is 35.6 Å². The Morgan fingerprint density at radius 2 is 1.66 bits per heavy atom. The fraction of sp³-hybridized carbons (Fsp3) is 0.304. The second-order valence-corrected chi connectivity index (χ2v) is 7.22. The molecule has 0 aliphatic heterocycles. The molecule has 0 aliphatic rings. The van der Waals surface area contributed by atoms with E-state index in [1.165, 1.54) is 12.1 Å². The molecule has 0 saturated carbocycles. The molecule has 0 radical (unpaired) electrons. The molecule has 0 spiro atoms. The lowest BCUT2D eigenvalue weighted by atomic mass is 10.2. The standard InChI is InChI=1S/C23H26F3N5O/c1-16-21(17(2)31(30-16)19-7-5-4-6-8-19)14-29-22(27-3)28-13-18-9-11-20(12-10-18)32-15-23(24,25)26/h4-12H,13-15H2,1-3H3,(H2,27,28,29). The van der Waals surface area contributed by atoms with Crippen LogP contribution in [0, 0.1) is 13.8 Å². The van der Waals surface area contributed by atoms with Gasteiger partial charge in [-0.2, -0.15) is 18.3 Å². The second kappa shape index (κ2) is 10.2. The van der Waals surface area contributed by atoms with E-state index in [0.717, 1.165) is 28.2 Å². The number of hydrogen-bond acceptors (Lipinski definition) is 3. The number of benzene rings is 2. The molecule has 0 fully saturated rings. The van der Waals surface area contributed by atoms with E-state index in [2.05, 4.69) is 20.7 Å². The highest BCUT2D eigenvalue weighted by atomic mass is 19.4. The Kier molecular flexibility index (Phi) is 7.40. The Balaban J connectivity index is 1.55. The van der Waals surface area contributed by atoms with Crippen LogP contribution in [-0.2, 0) is 13.1 Å². The maximum atomic E-state index is 12.2. The predicted octanol–water partition coefficient (Wildman–Crippen LogP) is 4.30. The van der Waals surface area contributed by atoms with Gasteiger partial charge in [0.2, 0.25) is 0 Å². The zero-order valence-corrected chi connectivity index (χ0v) is 18.2. The number of rotatable bonds is 7. The molecule has 9 heteroatoms. The molecule has 2 aromatic carbocycles. The van der Waals surface area contributed by atoms with Crippen LogP contribution in [0.25, 0.3) is 5.69 Å². The van der Waals surface area contributed by atoms with Crippen molar-refractivity contribution in [3.63, 3.8) is 0 Å². The van der Waals surface area contributed by atoms with Crippen molar-refractivity contribution in [2.45, 2.75) is 33.1 Å². The van der Waals surface area contributed by atoms with Crippen molar-refractivity contribution >= 4 is 5.96 Å². The minimum absolute atomic E-state index is 0.176. The van der Waals surface area contributed by atoms with Gasteiger partial charge in [0.15, 0.2) is 12.6 Å². The van der Waals surface area contributed by atoms with Crippen LogP contribution in [0.5, 0.6) is 5.75 Å². The average Bonchev–Trinajstić information content (AvgIpc) is 3.07. The Labute approximate surface area is 185 Å². The first-order valence-corrected chi connectivity index (χ1v) is 10.1. The van der Waals surface area contributed by atoms with E-state index in [9.17, 15) is 13.2 Å². The third-order valence-corrected chi connectivity index (χ3v) is 4.88. The number of hydrogen-bond donors (Lipinski definition) is 2. The average molecular weight is 445 g/mol. The number of alkyl halides is 3. The van der Waals surface area contributed by atoms with Crippen molar-refractivity contribution < 1.29 is 17.9 Å². The summed E-state index contributed by atoms with van der Waals surface area (Å²) in [6.45, 7) is 3.71. The predicted molar refractivity (Wildman–Crippen MR) is 118 cm³/mol. The van der Waals surface area contributed by atoms with Gasteiger partial charge in [0.05, 0.1) is 11.4 Å². The zero-order valence-electron chi connectivity index (χ0n) is 18.2. The summed E-state index contributed by atoms with van der Waals surface area (Å²) in [5.74, 6) is 0.781. The molecule has 0 amide bonds. The van der Waals surface area contributed by atoms with Crippen molar-refractivity contribution in [1.29, 1.82) is 0 Å². The lowest BCUT2D eigenvalue weighted by molar-refractivity contribution is -0.153. The van der Waals surface area contributed by atoms with E-state index in [1.54, 1.807) is 19.2 Å². The summed E-state index contributed by atoms with van der Waals surface area (Å²) >= 11 is 0. The maximum absolute atomic E-state index is 12.2. The lowest BCUT2D eigenvalue weighted by Gasteiger charge is -2.13. The summed E-state index contributed by atoms with van der Waals surface area (Å²) in [5, 5.41) is 11.1. The lowest BCUT2D eigenvalue weighted by Crippen LogP contribution is -2.36. The topological polar surface area (TPSA) is 63.5 Å².